The van der Waals surface area contributed by atoms with E-state index in [0.717, 1.165) is 44.4 Å². The number of hydrogen-bond donors (Lipinski definition) is 1. The average Bonchev–Trinajstić information content (AvgIpc) is 3.06. The van der Waals surface area contributed by atoms with Crippen LogP contribution >= 0.6 is 0 Å². The Bertz CT molecular complexity index is 885. The molecule has 0 rings (SSSR count). The lowest BCUT2D eigenvalue weighted by molar-refractivity contribution is -0.152. The first-order valence-electron chi connectivity index (χ1n) is 19.5. The highest BCUT2D eigenvalue weighted by molar-refractivity contribution is 5.90. The van der Waals surface area contributed by atoms with Crippen LogP contribution in [0.2, 0.25) is 0 Å². The molecule has 48 heavy (non-hydrogen) atoms. The van der Waals surface area contributed by atoms with E-state index in [1.54, 1.807) is 6.08 Å². The van der Waals surface area contributed by atoms with Crippen LogP contribution in [-0.4, -0.2) is 42.1 Å². The Morgan fingerprint density at radius 3 is 1.62 bits per heavy atom. The van der Waals surface area contributed by atoms with Crippen molar-refractivity contribution in [1.82, 2.24) is 0 Å². The average molecular weight is 673 g/mol. The summed E-state index contributed by atoms with van der Waals surface area (Å²) in [6.45, 7) is 6.40. The van der Waals surface area contributed by atoms with Gasteiger partial charge in [0.25, 0.3) is 0 Å². The van der Waals surface area contributed by atoms with Crippen LogP contribution in [-0.2, 0) is 23.9 Å². The molecule has 0 aromatic carbocycles. The van der Waals surface area contributed by atoms with Gasteiger partial charge in [0.2, 0.25) is 0 Å². The van der Waals surface area contributed by atoms with E-state index in [1.807, 2.05) is 12.2 Å². The summed E-state index contributed by atoms with van der Waals surface area (Å²) in [5.41, 5.74) is 0. The van der Waals surface area contributed by atoms with E-state index in [-0.39, 0.29) is 37.8 Å². The second-order valence-corrected chi connectivity index (χ2v) is 13.6. The van der Waals surface area contributed by atoms with Crippen LogP contribution in [0.5, 0.6) is 0 Å². The molecule has 6 nitrogen and oxygen atoms in total. The number of esters is 2. The Morgan fingerprint density at radius 1 is 0.562 bits per heavy atom. The number of carbonyl (C=O) groups is 3. The van der Waals surface area contributed by atoms with Gasteiger partial charge < -0.3 is 14.6 Å². The normalized spacial score (nSPS) is 12.7. The van der Waals surface area contributed by atoms with Crippen molar-refractivity contribution in [3.63, 3.8) is 0 Å². The van der Waals surface area contributed by atoms with E-state index in [9.17, 15) is 19.5 Å². The van der Waals surface area contributed by atoms with Crippen molar-refractivity contribution in [2.24, 2.45) is 5.92 Å². The molecule has 0 unspecified atom stereocenters. The zero-order valence-electron chi connectivity index (χ0n) is 31.1. The highest BCUT2D eigenvalue weighted by atomic mass is 16.6. The van der Waals surface area contributed by atoms with Gasteiger partial charge >= 0.3 is 11.9 Å². The first kappa shape index (κ1) is 45.5. The van der Waals surface area contributed by atoms with E-state index >= 15 is 0 Å². The highest BCUT2D eigenvalue weighted by Crippen LogP contribution is 2.15. The fourth-order valence-electron chi connectivity index (χ4n) is 5.22. The summed E-state index contributed by atoms with van der Waals surface area (Å²) in [5.74, 6) is -0.0227. The van der Waals surface area contributed by atoms with Crippen molar-refractivity contribution in [3.05, 3.63) is 48.6 Å². The third-order valence-electron chi connectivity index (χ3n) is 8.22. The quantitative estimate of drug-likeness (QED) is 0.0240. The maximum atomic E-state index is 12.0. The number of aliphatic hydroxyl groups excluding tert-OH is 1. The van der Waals surface area contributed by atoms with Crippen molar-refractivity contribution >= 4 is 17.7 Å². The standard InChI is InChI=1S/C42H72O6/c1-4-5-6-7-8-9-10-12-16-19-22-25-28-32-39(43)33-30-35-42(46)48-37-40(44)36-47-41(45)34-29-26-23-20-17-14-11-13-15-18-21-24-27-31-38(2)3/h8-9,12,16,22,25,28,32,38,40,44H,4-7,10-11,13-15,17-21,23-24,26-27,29-31,33-37H2,1-3H3/b9-8-,16-12-,25-22-,32-28+/t40-/m1/s1. The molecule has 0 aromatic rings. The summed E-state index contributed by atoms with van der Waals surface area (Å²) in [6.07, 6.45) is 40.2. The van der Waals surface area contributed by atoms with Gasteiger partial charge in [0.1, 0.15) is 19.3 Å². The van der Waals surface area contributed by atoms with Gasteiger partial charge in [-0.15, -0.1) is 0 Å². The molecule has 0 amide bonds. The van der Waals surface area contributed by atoms with Crippen LogP contribution in [0.15, 0.2) is 48.6 Å². The number of carbonyl (C=O) groups excluding carboxylic acids is 3. The third-order valence-corrected chi connectivity index (χ3v) is 8.22. The molecule has 0 aliphatic rings. The smallest absolute Gasteiger partial charge is 0.305 e. The Labute approximate surface area is 294 Å². The van der Waals surface area contributed by atoms with Gasteiger partial charge in [0.15, 0.2) is 5.78 Å². The van der Waals surface area contributed by atoms with Crippen LogP contribution in [0.25, 0.3) is 0 Å². The van der Waals surface area contributed by atoms with Crippen molar-refractivity contribution < 1.29 is 29.0 Å². The molecule has 0 fully saturated rings. The number of ether oxygens (including phenoxy) is 2. The van der Waals surface area contributed by atoms with Crippen LogP contribution in [0.1, 0.15) is 175 Å². The maximum Gasteiger partial charge on any atom is 0.305 e. The summed E-state index contributed by atoms with van der Waals surface area (Å²) >= 11 is 0. The molecule has 0 saturated carbocycles. The molecule has 0 radical (unpaired) electrons. The summed E-state index contributed by atoms with van der Waals surface area (Å²) < 4.78 is 10.2. The molecule has 0 saturated heterocycles. The lowest BCUT2D eigenvalue weighted by Crippen LogP contribution is -2.25. The zero-order valence-corrected chi connectivity index (χ0v) is 31.1. The molecule has 0 aromatic heterocycles. The van der Waals surface area contributed by atoms with Gasteiger partial charge in [-0.25, -0.2) is 0 Å². The van der Waals surface area contributed by atoms with Gasteiger partial charge in [-0.05, 0) is 50.5 Å². The lowest BCUT2D eigenvalue weighted by atomic mass is 10.0. The summed E-state index contributed by atoms with van der Waals surface area (Å²) in [4.78, 5) is 35.9. The van der Waals surface area contributed by atoms with E-state index in [2.05, 4.69) is 45.1 Å². The predicted molar refractivity (Wildman–Crippen MR) is 201 cm³/mol. The fourth-order valence-corrected chi connectivity index (χ4v) is 5.22. The Hall–Kier alpha value is -2.47. The van der Waals surface area contributed by atoms with Crippen molar-refractivity contribution in [1.29, 1.82) is 0 Å². The van der Waals surface area contributed by atoms with Crippen LogP contribution < -0.4 is 0 Å². The molecule has 1 N–H and O–H groups in total. The third kappa shape index (κ3) is 36.4. The predicted octanol–water partition coefficient (Wildman–Crippen LogP) is 11.3. The first-order valence-corrected chi connectivity index (χ1v) is 19.5. The number of unbranched alkanes of at least 4 members (excludes halogenated alkanes) is 15. The van der Waals surface area contributed by atoms with Gasteiger partial charge in [-0.3, -0.25) is 14.4 Å². The van der Waals surface area contributed by atoms with Crippen LogP contribution in [0.4, 0.5) is 0 Å². The Morgan fingerprint density at radius 2 is 1.06 bits per heavy atom. The Kier molecular flexibility index (Phi) is 34.0. The number of hydrogen-bond acceptors (Lipinski definition) is 6. The molecule has 0 aliphatic carbocycles. The SMILES string of the molecule is CCCCC/C=C\C/C=C\C/C=C\C=C\C(=O)CCCC(=O)OC[C@H](O)COC(=O)CCCCCCCCCCCCCCCC(C)C. The number of rotatable bonds is 34. The van der Waals surface area contributed by atoms with Crippen LogP contribution in [0, 0.1) is 5.92 Å². The number of aliphatic hydroxyl groups is 1. The number of ketones is 1. The van der Waals surface area contributed by atoms with Crippen molar-refractivity contribution in [3.8, 4) is 0 Å². The van der Waals surface area contributed by atoms with Gasteiger partial charge in [-0.1, -0.05) is 160 Å². The molecule has 1 atom stereocenters. The zero-order chi connectivity index (χ0) is 35.3. The van der Waals surface area contributed by atoms with E-state index in [0.29, 0.717) is 12.8 Å². The Balaban J connectivity index is 3.63. The minimum absolute atomic E-state index is 0.0491. The van der Waals surface area contributed by atoms with Gasteiger partial charge in [-0.2, -0.15) is 0 Å². The van der Waals surface area contributed by atoms with Crippen LogP contribution in [0.3, 0.4) is 0 Å². The van der Waals surface area contributed by atoms with E-state index in [4.69, 9.17) is 9.47 Å². The second kappa shape index (κ2) is 35.8. The molecule has 276 valence electrons. The number of allylic oxidation sites excluding steroid dienone is 8. The summed E-state index contributed by atoms with van der Waals surface area (Å²) in [7, 11) is 0. The molecule has 6 heteroatoms. The largest absolute Gasteiger partial charge is 0.463 e. The minimum atomic E-state index is -1.05. The highest BCUT2D eigenvalue weighted by Gasteiger charge is 2.12. The van der Waals surface area contributed by atoms with E-state index in [1.165, 1.54) is 96.0 Å². The molecule has 0 aliphatic heterocycles. The van der Waals surface area contributed by atoms with Gasteiger partial charge in [0, 0.05) is 19.3 Å². The van der Waals surface area contributed by atoms with E-state index < -0.39 is 12.1 Å². The monoisotopic (exact) mass is 673 g/mol. The molecule has 0 bridgehead atoms. The summed E-state index contributed by atoms with van der Waals surface area (Å²) in [6, 6.07) is 0. The molecule has 0 heterocycles. The maximum absolute atomic E-state index is 12.0. The van der Waals surface area contributed by atoms with Crippen molar-refractivity contribution in [2.45, 2.75) is 181 Å². The summed E-state index contributed by atoms with van der Waals surface area (Å²) in [5, 5.41) is 9.99. The molecular weight excluding hydrogens is 600 g/mol. The fraction of sp³-hybridized carbons (Fsp3) is 0.738. The van der Waals surface area contributed by atoms with Crippen molar-refractivity contribution in [2.75, 3.05) is 13.2 Å². The minimum Gasteiger partial charge on any atom is -0.463 e. The lowest BCUT2D eigenvalue weighted by Gasteiger charge is -2.12. The second-order valence-electron chi connectivity index (χ2n) is 13.6. The van der Waals surface area contributed by atoms with Gasteiger partial charge in [0.05, 0.1) is 0 Å². The molecule has 0 spiro atoms. The molecular formula is C42H72O6. The first-order chi connectivity index (χ1) is 23.3. The topological polar surface area (TPSA) is 89.9 Å².